The fourth-order valence-corrected chi connectivity index (χ4v) is 6.87. The number of carbonyl (C=O) groups excluding carboxylic acids is 1. The lowest BCUT2D eigenvalue weighted by Gasteiger charge is -2.39. The van der Waals surface area contributed by atoms with Crippen molar-refractivity contribution in [3.8, 4) is 0 Å². The number of hydrogen-bond acceptors (Lipinski definition) is 2. The van der Waals surface area contributed by atoms with Gasteiger partial charge in [-0.3, -0.25) is 4.79 Å². The van der Waals surface area contributed by atoms with Gasteiger partial charge in [-0.2, -0.15) is 0 Å². The van der Waals surface area contributed by atoms with Crippen LogP contribution in [0.25, 0.3) is 0 Å². The molecule has 0 unspecified atom stereocenters. The maximum absolute atomic E-state index is 13.3. The van der Waals surface area contributed by atoms with E-state index < -0.39 is 0 Å². The summed E-state index contributed by atoms with van der Waals surface area (Å²) in [4.78, 5) is 13.3. The van der Waals surface area contributed by atoms with Crippen molar-refractivity contribution in [2.45, 2.75) is 97.0 Å². The molecule has 4 atom stereocenters. The van der Waals surface area contributed by atoms with Gasteiger partial charge in [-0.1, -0.05) is 64.5 Å². The van der Waals surface area contributed by atoms with Crippen LogP contribution in [0, 0.1) is 41.4 Å². The second-order valence-corrected chi connectivity index (χ2v) is 10.4. The molecule has 3 saturated carbocycles. The molecule has 2 nitrogen and oxygen atoms in total. The van der Waals surface area contributed by atoms with E-state index >= 15 is 0 Å². The average molecular weight is 373 g/mol. The monoisotopic (exact) mass is 372 g/mol. The minimum atomic E-state index is 0.110. The Morgan fingerprint density at radius 3 is 2.22 bits per heavy atom. The van der Waals surface area contributed by atoms with Gasteiger partial charge in [-0.05, 0) is 74.0 Å². The van der Waals surface area contributed by atoms with Gasteiger partial charge in [0.25, 0.3) is 0 Å². The highest BCUT2D eigenvalue weighted by atomic mass is 16.5. The highest BCUT2D eigenvalue weighted by Crippen LogP contribution is 2.47. The van der Waals surface area contributed by atoms with Gasteiger partial charge in [0.1, 0.15) is 6.10 Å². The normalized spacial score (nSPS) is 40.1. The molecule has 27 heavy (non-hydrogen) atoms. The van der Waals surface area contributed by atoms with E-state index in [0.29, 0.717) is 23.7 Å². The molecule has 4 aliphatic carbocycles. The first kappa shape index (κ1) is 19.5. The smallest absolute Gasteiger partial charge is 0.310 e. The van der Waals surface area contributed by atoms with E-state index in [0.717, 1.165) is 24.7 Å². The van der Waals surface area contributed by atoms with Crippen molar-refractivity contribution in [2.24, 2.45) is 41.4 Å². The molecule has 0 aromatic carbocycles. The second kappa shape index (κ2) is 8.70. The van der Waals surface area contributed by atoms with Crippen LogP contribution >= 0.6 is 0 Å². The van der Waals surface area contributed by atoms with Crippen molar-refractivity contribution in [2.75, 3.05) is 0 Å². The quantitative estimate of drug-likeness (QED) is 0.413. The van der Waals surface area contributed by atoms with Gasteiger partial charge in [0.15, 0.2) is 0 Å². The topological polar surface area (TPSA) is 26.3 Å². The van der Waals surface area contributed by atoms with Crippen molar-refractivity contribution in [1.82, 2.24) is 0 Å². The summed E-state index contributed by atoms with van der Waals surface area (Å²) in [6, 6.07) is 0. The minimum absolute atomic E-state index is 0.110. The van der Waals surface area contributed by atoms with E-state index in [1.165, 1.54) is 64.2 Å². The highest BCUT2D eigenvalue weighted by Gasteiger charge is 2.45. The van der Waals surface area contributed by atoms with Gasteiger partial charge in [0.05, 0.1) is 5.92 Å². The zero-order chi connectivity index (χ0) is 18.8. The molecule has 0 amide bonds. The lowest BCUT2D eigenvalue weighted by Crippen LogP contribution is -2.40. The van der Waals surface area contributed by atoms with Crippen molar-refractivity contribution >= 4 is 5.97 Å². The third-order valence-corrected chi connectivity index (χ3v) is 8.44. The van der Waals surface area contributed by atoms with Crippen LogP contribution in [0.1, 0.15) is 90.9 Å². The van der Waals surface area contributed by atoms with Gasteiger partial charge >= 0.3 is 5.97 Å². The zero-order valence-corrected chi connectivity index (χ0v) is 17.6. The van der Waals surface area contributed by atoms with Crippen LogP contribution in [0.5, 0.6) is 0 Å². The summed E-state index contributed by atoms with van der Waals surface area (Å²) in [6.07, 6.45) is 20.7. The van der Waals surface area contributed by atoms with Crippen LogP contribution in [0.15, 0.2) is 12.2 Å². The van der Waals surface area contributed by atoms with E-state index in [9.17, 15) is 4.79 Å². The lowest BCUT2D eigenvalue weighted by atomic mass is 9.68. The SMILES string of the molecule is CC(C)[C@@H]1C=C[C@H]2CCC[C@@H]2[C@H]1C(=O)OC1CCC(C2CCCCC2)CC1. The lowest BCUT2D eigenvalue weighted by molar-refractivity contribution is -0.161. The summed E-state index contributed by atoms with van der Waals surface area (Å²) in [7, 11) is 0. The molecule has 0 saturated heterocycles. The first-order valence-corrected chi connectivity index (χ1v) is 12.0. The Bertz CT molecular complexity index is 522. The molecule has 0 N–H and O–H groups in total. The fourth-order valence-electron chi connectivity index (χ4n) is 6.87. The van der Waals surface area contributed by atoms with Gasteiger partial charge in [0, 0.05) is 0 Å². The molecule has 3 fully saturated rings. The molecule has 4 aliphatic rings. The Hall–Kier alpha value is -0.790. The van der Waals surface area contributed by atoms with Gasteiger partial charge < -0.3 is 4.74 Å². The molecular formula is C25H40O2. The van der Waals surface area contributed by atoms with Crippen LogP contribution < -0.4 is 0 Å². The molecule has 0 aromatic heterocycles. The van der Waals surface area contributed by atoms with Crippen LogP contribution in [0.3, 0.4) is 0 Å². The standard InChI is InChI=1S/C25H40O2/c1-17(2)22-16-13-20-9-6-10-23(20)24(22)25(26)27-21-14-11-19(12-15-21)18-7-4-3-5-8-18/h13,16-24H,3-12,14-15H2,1-2H3/t19?,20-,21?,22+,23+,24+/m1/s1. The Kier molecular flexibility index (Phi) is 6.29. The van der Waals surface area contributed by atoms with Gasteiger partial charge in [-0.15, -0.1) is 0 Å². The van der Waals surface area contributed by atoms with E-state index in [2.05, 4.69) is 26.0 Å². The van der Waals surface area contributed by atoms with Crippen molar-refractivity contribution in [3.63, 3.8) is 0 Å². The predicted molar refractivity (Wildman–Crippen MR) is 110 cm³/mol. The molecule has 0 bridgehead atoms. The molecule has 152 valence electrons. The largest absolute Gasteiger partial charge is 0.462 e. The van der Waals surface area contributed by atoms with E-state index in [1.807, 2.05) is 0 Å². The summed E-state index contributed by atoms with van der Waals surface area (Å²) >= 11 is 0. The van der Waals surface area contributed by atoms with Crippen molar-refractivity contribution < 1.29 is 9.53 Å². The summed E-state index contributed by atoms with van der Waals surface area (Å²) in [5.74, 6) is 4.16. The summed E-state index contributed by atoms with van der Waals surface area (Å²) in [5, 5.41) is 0. The second-order valence-electron chi connectivity index (χ2n) is 10.4. The molecule has 0 spiro atoms. The number of allylic oxidation sites excluding steroid dienone is 2. The molecule has 0 aliphatic heterocycles. The number of ether oxygens (including phenoxy) is 1. The van der Waals surface area contributed by atoms with Crippen LogP contribution in [0.4, 0.5) is 0 Å². The van der Waals surface area contributed by atoms with Gasteiger partial charge in [-0.25, -0.2) is 0 Å². The Labute approximate surface area is 166 Å². The Morgan fingerprint density at radius 1 is 0.815 bits per heavy atom. The first-order chi connectivity index (χ1) is 13.1. The molecule has 4 rings (SSSR count). The number of carbonyl (C=O) groups is 1. The maximum atomic E-state index is 13.3. The van der Waals surface area contributed by atoms with Crippen LogP contribution in [-0.2, 0) is 9.53 Å². The molecule has 2 heteroatoms. The number of rotatable bonds is 4. The summed E-state index contributed by atoms with van der Waals surface area (Å²) in [6.45, 7) is 4.53. The first-order valence-electron chi connectivity index (χ1n) is 12.0. The number of esters is 1. The van der Waals surface area contributed by atoms with Crippen LogP contribution in [-0.4, -0.2) is 12.1 Å². The number of hydrogen-bond donors (Lipinski definition) is 0. The molecule has 0 heterocycles. The number of fused-ring (bicyclic) bond motifs is 1. The van der Waals surface area contributed by atoms with E-state index in [1.54, 1.807) is 0 Å². The van der Waals surface area contributed by atoms with Crippen LogP contribution in [0.2, 0.25) is 0 Å². The van der Waals surface area contributed by atoms with E-state index in [-0.39, 0.29) is 18.0 Å². The van der Waals surface area contributed by atoms with E-state index in [4.69, 9.17) is 4.74 Å². The maximum Gasteiger partial charge on any atom is 0.310 e. The Balaban J connectivity index is 1.33. The molecule has 0 radical (unpaired) electrons. The predicted octanol–water partition coefficient (Wildman–Crippen LogP) is 6.54. The molecule has 0 aromatic rings. The third-order valence-electron chi connectivity index (χ3n) is 8.44. The van der Waals surface area contributed by atoms with Gasteiger partial charge in [0.2, 0.25) is 0 Å². The molecular weight excluding hydrogens is 332 g/mol. The van der Waals surface area contributed by atoms with Crippen molar-refractivity contribution in [3.05, 3.63) is 12.2 Å². The zero-order valence-electron chi connectivity index (χ0n) is 17.6. The Morgan fingerprint density at radius 2 is 1.52 bits per heavy atom. The van der Waals surface area contributed by atoms with Crippen molar-refractivity contribution in [1.29, 1.82) is 0 Å². The average Bonchev–Trinajstić information content (AvgIpc) is 3.17. The summed E-state index contributed by atoms with van der Waals surface area (Å²) < 4.78 is 6.18. The highest BCUT2D eigenvalue weighted by molar-refractivity contribution is 5.74. The third kappa shape index (κ3) is 4.30. The fraction of sp³-hybridized carbons (Fsp3) is 0.880. The minimum Gasteiger partial charge on any atom is -0.462 e. The summed E-state index contributed by atoms with van der Waals surface area (Å²) in [5.41, 5.74) is 0.